The molecule has 3 heteroatoms. The maximum atomic E-state index is 6.03. The molecule has 0 aliphatic carbocycles. The van der Waals surface area contributed by atoms with E-state index in [1.165, 1.54) is 5.56 Å². The van der Waals surface area contributed by atoms with Gasteiger partial charge in [0.1, 0.15) is 11.9 Å². The number of aryl methyl sites for hydroxylation is 1. The molecule has 1 aromatic carbocycles. The Balaban J connectivity index is 2.29. The first kappa shape index (κ1) is 17.0. The van der Waals surface area contributed by atoms with Crippen molar-refractivity contribution in [1.29, 1.82) is 0 Å². The van der Waals surface area contributed by atoms with Gasteiger partial charge >= 0.3 is 0 Å². The van der Waals surface area contributed by atoms with Crippen LogP contribution in [0, 0.1) is 6.92 Å². The average molecular weight is 278 g/mol. The van der Waals surface area contributed by atoms with Crippen molar-refractivity contribution in [2.75, 3.05) is 32.7 Å². The first-order valence-electron chi connectivity index (χ1n) is 7.85. The Morgan fingerprint density at radius 3 is 2.55 bits per heavy atom. The number of hydrogen-bond acceptors (Lipinski definition) is 3. The van der Waals surface area contributed by atoms with Crippen LogP contribution >= 0.6 is 0 Å². The summed E-state index contributed by atoms with van der Waals surface area (Å²) in [5.41, 5.74) is 1.24. The lowest BCUT2D eigenvalue weighted by Crippen LogP contribution is -2.37. The van der Waals surface area contributed by atoms with Crippen LogP contribution in [0.5, 0.6) is 5.75 Å². The zero-order valence-electron chi connectivity index (χ0n) is 13.5. The van der Waals surface area contributed by atoms with Gasteiger partial charge in [0, 0.05) is 19.6 Å². The summed E-state index contributed by atoms with van der Waals surface area (Å²) in [4.78, 5) is 2.43. The lowest BCUT2D eigenvalue weighted by molar-refractivity contribution is 0.190. The molecule has 114 valence electrons. The lowest BCUT2D eigenvalue weighted by atomic mass is 10.2. The van der Waals surface area contributed by atoms with Crippen LogP contribution in [0.2, 0.25) is 0 Å². The molecule has 0 bridgehead atoms. The van der Waals surface area contributed by atoms with Gasteiger partial charge in [0.15, 0.2) is 0 Å². The summed E-state index contributed by atoms with van der Waals surface area (Å²) in [6.45, 7) is 14.0. The summed E-state index contributed by atoms with van der Waals surface area (Å²) in [6.07, 6.45) is 1.26. The fourth-order valence-corrected chi connectivity index (χ4v) is 2.19. The number of ether oxygens (including phenoxy) is 1. The molecule has 0 aliphatic rings. The molecule has 20 heavy (non-hydrogen) atoms. The van der Waals surface area contributed by atoms with Gasteiger partial charge in [-0.25, -0.2) is 0 Å². The fraction of sp³-hybridized carbons (Fsp3) is 0.647. The third kappa shape index (κ3) is 6.40. The normalized spacial score (nSPS) is 12.7. The Kier molecular flexibility index (Phi) is 8.31. The smallest absolute Gasteiger partial charge is 0.120 e. The molecule has 0 aliphatic heterocycles. The number of benzene rings is 1. The van der Waals surface area contributed by atoms with E-state index in [2.05, 4.69) is 50.0 Å². The van der Waals surface area contributed by atoms with Gasteiger partial charge in [-0.2, -0.15) is 0 Å². The molecular weight excluding hydrogens is 248 g/mol. The molecule has 1 rings (SSSR count). The quantitative estimate of drug-likeness (QED) is 0.666. The Morgan fingerprint density at radius 2 is 1.95 bits per heavy atom. The monoisotopic (exact) mass is 278 g/mol. The maximum Gasteiger partial charge on any atom is 0.120 e. The van der Waals surface area contributed by atoms with E-state index in [1.54, 1.807) is 0 Å². The highest BCUT2D eigenvalue weighted by atomic mass is 16.5. The Bertz CT molecular complexity index is 364. The fourth-order valence-electron chi connectivity index (χ4n) is 2.19. The molecule has 0 saturated carbocycles. The maximum absolute atomic E-state index is 6.03. The van der Waals surface area contributed by atoms with Crippen molar-refractivity contribution < 1.29 is 4.74 Å². The summed E-state index contributed by atoms with van der Waals surface area (Å²) in [7, 11) is 0. The van der Waals surface area contributed by atoms with Crippen LogP contribution in [-0.2, 0) is 0 Å². The van der Waals surface area contributed by atoms with E-state index in [0.717, 1.165) is 44.9 Å². The SMILES string of the molecule is CC[C@@H](CNCCN(CC)CC)Oc1cccc(C)c1. The molecule has 0 spiro atoms. The van der Waals surface area contributed by atoms with Crippen LogP contribution in [0.25, 0.3) is 0 Å². The molecule has 1 atom stereocenters. The first-order valence-corrected chi connectivity index (χ1v) is 7.85. The zero-order chi connectivity index (χ0) is 14.8. The summed E-state index contributed by atoms with van der Waals surface area (Å²) in [5.74, 6) is 0.974. The molecule has 0 heterocycles. The average Bonchev–Trinajstić information content (AvgIpc) is 2.46. The van der Waals surface area contributed by atoms with Gasteiger partial charge < -0.3 is 15.0 Å². The molecule has 0 unspecified atom stereocenters. The molecule has 1 N–H and O–H groups in total. The molecule has 0 fully saturated rings. The van der Waals surface area contributed by atoms with Gasteiger partial charge in [-0.3, -0.25) is 0 Å². The highest BCUT2D eigenvalue weighted by Gasteiger charge is 2.08. The van der Waals surface area contributed by atoms with E-state index in [1.807, 2.05) is 12.1 Å². The number of nitrogens with one attached hydrogen (secondary N) is 1. The molecule has 0 aromatic heterocycles. The van der Waals surface area contributed by atoms with Gasteiger partial charge in [0.25, 0.3) is 0 Å². The van der Waals surface area contributed by atoms with E-state index in [-0.39, 0.29) is 6.10 Å². The van der Waals surface area contributed by atoms with Crippen molar-refractivity contribution in [3.05, 3.63) is 29.8 Å². The van der Waals surface area contributed by atoms with Gasteiger partial charge in [0.05, 0.1) is 0 Å². The van der Waals surface area contributed by atoms with E-state index < -0.39 is 0 Å². The van der Waals surface area contributed by atoms with Crippen molar-refractivity contribution in [3.8, 4) is 5.75 Å². The van der Waals surface area contributed by atoms with E-state index in [4.69, 9.17) is 4.74 Å². The van der Waals surface area contributed by atoms with Gasteiger partial charge in [0.2, 0.25) is 0 Å². The van der Waals surface area contributed by atoms with Crippen LogP contribution < -0.4 is 10.1 Å². The predicted molar refractivity (Wildman–Crippen MR) is 86.5 cm³/mol. The Morgan fingerprint density at radius 1 is 1.20 bits per heavy atom. The highest BCUT2D eigenvalue weighted by molar-refractivity contribution is 5.27. The number of nitrogens with zero attached hydrogens (tertiary/aromatic N) is 1. The molecule has 3 nitrogen and oxygen atoms in total. The molecule has 0 saturated heterocycles. The van der Waals surface area contributed by atoms with E-state index >= 15 is 0 Å². The second kappa shape index (κ2) is 9.78. The van der Waals surface area contributed by atoms with Crippen molar-refractivity contribution in [1.82, 2.24) is 10.2 Å². The van der Waals surface area contributed by atoms with Gasteiger partial charge in [-0.1, -0.05) is 32.9 Å². The van der Waals surface area contributed by atoms with Crippen LogP contribution in [0.15, 0.2) is 24.3 Å². The molecule has 0 radical (unpaired) electrons. The number of hydrogen-bond donors (Lipinski definition) is 1. The second-order valence-corrected chi connectivity index (χ2v) is 5.20. The Labute approximate surface area is 124 Å². The Hall–Kier alpha value is -1.06. The van der Waals surface area contributed by atoms with Crippen molar-refractivity contribution in [3.63, 3.8) is 0 Å². The summed E-state index contributed by atoms with van der Waals surface area (Å²) >= 11 is 0. The zero-order valence-corrected chi connectivity index (χ0v) is 13.5. The first-order chi connectivity index (χ1) is 9.69. The molecule has 0 amide bonds. The molecule has 1 aromatic rings. The topological polar surface area (TPSA) is 24.5 Å². The van der Waals surface area contributed by atoms with Crippen LogP contribution in [-0.4, -0.2) is 43.7 Å². The summed E-state index contributed by atoms with van der Waals surface area (Å²) < 4.78 is 6.03. The number of likely N-dealkylation sites (N-methyl/N-ethyl adjacent to an activating group) is 1. The minimum Gasteiger partial charge on any atom is -0.489 e. The molecular formula is C17H30N2O. The van der Waals surface area contributed by atoms with Crippen LogP contribution in [0.3, 0.4) is 0 Å². The number of rotatable bonds is 10. The highest BCUT2D eigenvalue weighted by Crippen LogP contribution is 2.15. The summed E-state index contributed by atoms with van der Waals surface area (Å²) in [5, 5.41) is 3.50. The van der Waals surface area contributed by atoms with E-state index in [0.29, 0.717) is 0 Å². The van der Waals surface area contributed by atoms with Crippen molar-refractivity contribution >= 4 is 0 Å². The van der Waals surface area contributed by atoms with Gasteiger partial charge in [-0.15, -0.1) is 0 Å². The third-order valence-corrected chi connectivity index (χ3v) is 3.62. The second-order valence-electron chi connectivity index (χ2n) is 5.20. The van der Waals surface area contributed by atoms with Gasteiger partial charge in [-0.05, 0) is 44.1 Å². The minimum absolute atomic E-state index is 0.244. The minimum atomic E-state index is 0.244. The largest absolute Gasteiger partial charge is 0.489 e. The van der Waals surface area contributed by atoms with Crippen molar-refractivity contribution in [2.45, 2.75) is 40.2 Å². The third-order valence-electron chi connectivity index (χ3n) is 3.62. The lowest BCUT2D eigenvalue weighted by Gasteiger charge is -2.21. The van der Waals surface area contributed by atoms with Crippen LogP contribution in [0.1, 0.15) is 32.8 Å². The van der Waals surface area contributed by atoms with Crippen LogP contribution in [0.4, 0.5) is 0 Å². The van der Waals surface area contributed by atoms with E-state index in [9.17, 15) is 0 Å². The van der Waals surface area contributed by atoms with Crippen molar-refractivity contribution in [2.24, 2.45) is 0 Å². The summed E-state index contributed by atoms with van der Waals surface area (Å²) in [6, 6.07) is 8.27. The predicted octanol–water partition coefficient (Wildman–Crippen LogP) is 3.08. The standard InChI is InChI=1S/C17H30N2O/c1-5-16(14-18-11-12-19(6-2)7-3)20-17-10-8-9-15(4)13-17/h8-10,13,16,18H,5-7,11-12,14H2,1-4H3/t16-/m0/s1.